The van der Waals surface area contributed by atoms with E-state index in [-0.39, 0.29) is 24.8 Å². The van der Waals surface area contributed by atoms with Crippen LogP contribution in [0.25, 0.3) is 0 Å². The van der Waals surface area contributed by atoms with Crippen LogP contribution in [0.3, 0.4) is 0 Å². The monoisotopic (exact) mass is 262 g/mol. The van der Waals surface area contributed by atoms with E-state index in [0.29, 0.717) is 13.1 Å². The maximum absolute atomic E-state index is 11.6. The minimum absolute atomic E-state index is 0.149. The summed E-state index contributed by atoms with van der Waals surface area (Å²) in [5.41, 5.74) is 0.175. The molecule has 0 radical (unpaired) electrons. The molecule has 2 rings (SSSR count). The molecule has 0 aromatic heterocycles. The normalized spacial score (nSPS) is 17.6. The van der Waals surface area contributed by atoms with Crippen LogP contribution in [0.5, 0.6) is 0 Å². The van der Waals surface area contributed by atoms with Gasteiger partial charge in [0.05, 0.1) is 18.6 Å². The summed E-state index contributed by atoms with van der Waals surface area (Å²) in [7, 11) is 0. The highest BCUT2D eigenvalue weighted by Crippen LogP contribution is 2.18. The Morgan fingerprint density at radius 3 is 2.47 bits per heavy atom. The SMILES string of the molecule is CC1(O)CN(CC(=O)NC(=O)Cc2ccccc2)C1. The molecular weight excluding hydrogens is 244 g/mol. The molecule has 0 bridgehead atoms. The molecule has 102 valence electrons. The summed E-state index contributed by atoms with van der Waals surface area (Å²) in [5.74, 6) is -0.625. The standard InChI is InChI=1S/C14H18N2O3/c1-14(19)9-16(10-14)8-13(18)15-12(17)7-11-5-3-2-4-6-11/h2-6,19H,7-10H2,1H3,(H,15,17,18). The number of rotatable bonds is 4. The molecule has 1 heterocycles. The lowest BCUT2D eigenvalue weighted by molar-refractivity contribution is -0.135. The molecule has 0 spiro atoms. The van der Waals surface area contributed by atoms with Crippen LogP contribution in [-0.2, 0) is 16.0 Å². The van der Waals surface area contributed by atoms with Crippen LogP contribution in [0.2, 0.25) is 0 Å². The third-order valence-corrected chi connectivity index (χ3v) is 2.98. The highest BCUT2D eigenvalue weighted by atomic mass is 16.3. The first kappa shape index (κ1) is 13.7. The number of likely N-dealkylation sites (tertiary alicyclic amines) is 1. The largest absolute Gasteiger partial charge is 0.388 e. The molecule has 2 N–H and O–H groups in total. The van der Waals surface area contributed by atoms with E-state index in [9.17, 15) is 14.7 Å². The molecule has 19 heavy (non-hydrogen) atoms. The zero-order valence-corrected chi connectivity index (χ0v) is 10.9. The first-order valence-corrected chi connectivity index (χ1v) is 6.26. The highest BCUT2D eigenvalue weighted by molar-refractivity contribution is 5.96. The van der Waals surface area contributed by atoms with Gasteiger partial charge < -0.3 is 5.11 Å². The number of imide groups is 1. The molecular formula is C14H18N2O3. The second-order valence-electron chi connectivity index (χ2n) is 5.28. The van der Waals surface area contributed by atoms with E-state index >= 15 is 0 Å². The fourth-order valence-corrected chi connectivity index (χ4v) is 2.25. The van der Waals surface area contributed by atoms with Crippen LogP contribution >= 0.6 is 0 Å². The van der Waals surface area contributed by atoms with Crippen molar-refractivity contribution in [1.29, 1.82) is 0 Å². The fourth-order valence-electron chi connectivity index (χ4n) is 2.25. The minimum atomic E-state index is -0.700. The Morgan fingerprint density at radius 2 is 1.89 bits per heavy atom. The smallest absolute Gasteiger partial charge is 0.240 e. The van der Waals surface area contributed by atoms with Gasteiger partial charge in [-0.05, 0) is 12.5 Å². The average Bonchev–Trinajstić information content (AvgIpc) is 2.27. The van der Waals surface area contributed by atoms with Crippen LogP contribution in [-0.4, -0.2) is 47.1 Å². The molecule has 5 heteroatoms. The summed E-state index contributed by atoms with van der Waals surface area (Å²) in [5, 5.41) is 11.9. The predicted molar refractivity (Wildman–Crippen MR) is 70.4 cm³/mol. The van der Waals surface area contributed by atoms with Gasteiger partial charge in [0.2, 0.25) is 11.8 Å². The molecule has 0 aliphatic carbocycles. The quantitative estimate of drug-likeness (QED) is 0.797. The third kappa shape index (κ3) is 4.15. The van der Waals surface area contributed by atoms with Crippen molar-refractivity contribution in [2.45, 2.75) is 18.9 Å². The van der Waals surface area contributed by atoms with E-state index in [1.54, 1.807) is 11.8 Å². The number of β-amino-alcohol motifs (C(OH)–C–C–N with tert-alkyl or cyclic N) is 1. The number of aliphatic hydroxyl groups is 1. The van der Waals surface area contributed by atoms with Gasteiger partial charge in [-0.15, -0.1) is 0 Å². The number of nitrogens with zero attached hydrogens (tertiary/aromatic N) is 1. The Balaban J connectivity index is 1.72. The Kier molecular flexibility index (Phi) is 3.97. The van der Waals surface area contributed by atoms with Crippen molar-refractivity contribution in [3.8, 4) is 0 Å². The molecule has 1 aromatic carbocycles. The van der Waals surface area contributed by atoms with Crippen molar-refractivity contribution in [1.82, 2.24) is 10.2 Å². The molecule has 1 aromatic rings. The molecule has 1 aliphatic rings. The van der Waals surface area contributed by atoms with Crippen LogP contribution in [0, 0.1) is 0 Å². The van der Waals surface area contributed by atoms with Crippen LogP contribution in [0.4, 0.5) is 0 Å². The van der Waals surface area contributed by atoms with Crippen molar-refractivity contribution in [3.63, 3.8) is 0 Å². The van der Waals surface area contributed by atoms with Crippen molar-refractivity contribution >= 4 is 11.8 Å². The molecule has 5 nitrogen and oxygen atoms in total. The van der Waals surface area contributed by atoms with Crippen LogP contribution in [0.15, 0.2) is 30.3 Å². The lowest BCUT2D eigenvalue weighted by Gasteiger charge is -2.43. The van der Waals surface area contributed by atoms with Crippen LogP contribution < -0.4 is 5.32 Å². The molecule has 0 atom stereocenters. The van der Waals surface area contributed by atoms with Gasteiger partial charge in [0, 0.05) is 13.1 Å². The first-order chi connectivity index (χ1) is 8.94. The van der Waals surface area contributed by atoms with E-state index in [0.717, 1.165) is 5.56 Å². The molecule has 2 amide bonds. The topological polar surface area (TPSA) is 69.6 Å². The molecule has 0 unspecified atom stereocenters. The van der Waals surface area contributed by atoms with Gasteiger partial charge in [-0.25, -0.2) is 0 Å². The average molecular weight is 262 g/mol. The summed E-state index contributed by atoms with van der Waals surface area (Å²) >= 11 is 0. The van der Waals surface area contributed by atoms with Crippen molar-refractivity contribution in [3.05, 3.63) is 35.9 Å². The third-order valence-electron chi connectivity index (χ3n) is 2.98. The lowest BCUT2D eigenvalue weighted by Crippen LogP contribution is -2.61. The highest BCUT2D eigenvalue weighted by Gasteiger charge is 2.37. The molecule has 1 fully saturated rings. The number of nitrogens with one attached hydrogen (secondary N) is 1. The first-order valence-electron chi connectivity index (χ1n) is 6.26. The number of hydrogen-bond acceptors (Lipinski definition) is 4. The van der Waals surface area contributed by atoms with Gasteiger partial charge in [0.25, 0.3) is 0 Å². The Labute approximate surface area is 112 Å². The number of hydrogen-bond donors (Lipinski definition) is 2. The van der Waals surface area contributed by atoms with Crippen molar-refractivity contribution in [2.75, 3.05) is 19.6 Å². The maximum Gasteiger partial charge on any atom is 0.240 e. The zero-order valence-electron chi connectivity index (χ0n) is 10.9. The predicted octanol–water partition coefficient (Wildman–Crippen LogP) is -0.0615. The Morgan fingerprint density at radius 1 is 1.26 bits per heavy atom. The minimum Gasteiger partial charge on any atom is -0.388 e. The van der Waals surface area contributed by atoms with Gasteiger partial charge in [0.15, 0.2) is 0 Å². The van der Waals surface area contributed by atoms with Gasteiger partial charge in [0.1, 0.15) is 0 Å². The molecule has 1 aliphatic heterocycles. The summed E-state index contributed by atoms with van der Waals surface area (Å²) in [6.45, 7) is 2.80. The second-order valence-corrected chi connectivity index (χ2v) is 5.28. The summed E-state index contributed by atoms with van der Waals surface area (Å²) < 4.78 is 0. The number of amides is 2. The fraction of sp³-hybridized carbons (Fsp3) is 0.429. The molecule has 0 saturated carbocycles. The Bertz CT molecular complexity index is 463. The van der Waals surface area contributed by atoms with E-state index in [4.69, 9.17) is 0 Å². The Hall–Kier alpha value is -1.72. The van der Waals surface area contributed by atoms with E-state index in [2.05, 4.69) is 5.32 Å². The van der Waals surface area contributed by atoms with E-state index in [1.807, 2.05) is 30.3 Å². The summed E-state index contributed by atoms with van der Waals surface area (Å²) in [6.07, 6.45) is 0.199. The van der Waals surface area contributed by atoms with Gasteiger partial charge in [-0.3, -0.25) is 19.8 Å². The second kappa shape index (κ2) is 5.50. The van der Waals surface area contributed by atoms with Crippen LogP contribution in [0.1, 0.15) is 12.5 Å². The summed E-state index contributed by atoms with van der Waals surface area (Å²) in [6, 6.07) is 9.27. The van der Waals surface area contributed by atoms with E-state index in [1.165, 1.54) is 0 Å². The van der Waals surface area contributed by atoms with Crippen molar-refractivity contribution < 1.29 is 14.7 Å². The molecule has 1 saturated heterocycles. The maximum atomic E-state index is 11.6. The van der Waals surface area contributed by atoms with Gasteiger partial charge >= 0.3 is 0 Å². The van der Waals surface area contributed by atoms with Crippen molar-refractivity contribution in [2.24, 2.45) is 0 Å². The van der Waals surface area contributed by atoms with Gasteiger partial charge in [-0.1, -0.05) is 30.3 Å². The number of benzene rings is 1. The lowest BCUT2D eigenvalue weighted by atomic mass is 9.97. The summed E-state index contributed by atoms with van der Waals surface area (Å²) in [4.78, 5) is 25.0. The number of carbonyl (C=O) groups is 2. The van der Waals surface area contributed by atoms with Gasteiger partial charge in [-0.2, -0.15) is 0 Å². The zero-order chi connectivity index (χ0) is 13.9. The van der Waals surface area contributed by atoms with E-state index < -0.39 is 5.60 Å². The number of carbonyl (C=O) groups excluding carboxylic acids is 2.